The van der Waals surface area contributed by atoms with Crippen LogP contribution in [0.2, 0.25) is 0 Å². The van der Waals surface area contributed by atoms with E-state index in [2.05, 4.69) is 31.9 Å². The Balaban J connectivity index is 3.82. The van der Waals surface area contributed by atoms with Crippen LogP contribution in [0.5, 0.6) is 0 Å². The smallest absolute Gasteiger partial charge is 0.343 e. The van der Waals surface area contributed by atoms with Gasteiger partial charge in [-0.15, -0.1) is 0 Å². The van der Waals surface area contributed by atoms with Crippen LogP contribution < -0.4 is 0 Å². The summed E-state index contributed by atoms with van der Waals surface area (Å²) in [4.78, 5) is 11.1. The molecule has 0 saturated carbocycles. The number of carbonyl (C=O) groups is 1. The third kappa shape index (κ3) is 2.82. The molecule has 0 rings (SSSR count). The van der Waals surface area contributed by atoms with E-state index in [4.69, 9.17) is 5.11 Å². The minimum Gasteiger partial charge on any atom is -0.477 e. The van der Waals surface area contributed by atoms with Crippen LogP contribution in [-0.4, -0.2) is 11.1 Å². The molecule has 0 atom stereocenters. The molecule has 0 aromatic heterocycles. The number of rotatable bonds is 1. The molecule has 0 unspecified atom stereocenters. The van der Waals surface area contributed by atoms with Crippen molar-refractivity contribution in [2.24, 2.45) is 0 Å². The highest BCUT2D eigenvalue weighted by molar-refractivity contribution is 9.14. The Hall–Kier alpha value is 0.170. The van der Waals surface area contributed by atoms with Crippen LogP contribution in [0.1, 0.15) is 0 Å². The van der Waals surface area contributed by atoms with Crippen molar-refractivity contribution in [2.75, 3.05) is 0 Å². The molecule has 0 aromatic carbocycles. The van der Waals surface area contributed by atoms with Gasteiger partial charge < -0.3 is 5.11 Å². The monoisotopic (exact) mass is 228 g/mol. The minimum absolute atomic E-state index is 0.118. The van der Waals surface area contributed by atoms with E-state index in [-0.39, 0.29) is 4.48 Å². The van der Waals surface area contributed by atoms with Crippen molar-refractivity contribution in [3.8, 4) is 0 Å². The summed E-state index contributed by atoms with van der Waals surface area (Å²) in [5.41, 5.74) is 0. The molecule has 0 radical (unpaired) electrons. The van der Waals surface area contributed by atoms with Gasteiger partial charge in [0.05, 0.1) is 0 Å². The molecule has 0 heterocycles. The SMILES string of the molecule is O=C(O)/C(Br)=C\Br. The summed E-state index contributed by atoms with van der Waals surface area (Å²) in [6.07, 6.45) is 0. The average molecular weight is 230 g/mol. The largest absolute Gasteiger partial charge is 0.477 e. The van der Waals surface area contributed by atoms with Crippen LogP contribution in [0.3, 0.4) is 0 Å². The van der Waals surface area contributed by atoms with Gasteiger partial charge in [-0.25, -0.2) is 4.79 Å². The molecule has 0 aliphatic heterocycles. The molecule has 7 heavy (non-hydrogen) atoms. The molecule has 0 bridgehead atoms. The normalized spacial score (nSPS) is 11.4. The van der Waals surface area contributed by atoms with E-state index < -0.39 is 5.97 Å². The summed E-state index contributed by atoms with van der Waals surface area (Å²) in [5.74, 6) is -0.975. The Morgan fingerprint density at radius 3 is 2.14 bits per heavy atom. The molecule has 0 amide bonds. The van der Waals surface area contributed by atoms with E-state index >= 15 is 0 Å². The number of aliphatic carboxylic acids is 1. The van der Waals surface area contributed by atoms with E-state index in [9.17, 15) is 4.79 Å². The highest BCUT2D eigenvalue weighted by Gasteiger charge is 1.97. The molecule has 0 fully saturated rings. The lowest BCUT2D eigenvalue weighted by Gasteiger charge is -1.80. The van der Waals surface area contributed by atoms with Crippen molar-refractivity contribution in [3.05, 3.63) is 9.47 Å². The van der Waals surface area contributed by atoms with E-state index in [0.29, 0.717) is 0 Å². The molecule has 2 nitrogen and oxygen atoms in total. The zero-order valence-corrected chi connectivity index (χ0v) is 6.36. The summed E-state index contributed by atoms with van der Waals surface area (Å²) >= 11 is 5.58. The molecule has 0 spiro atoms. The molecular formula is C3H2Br2O2. The zero-order valence-electron chi connectivity index (χ0n) is 3.19. The third-order valence-corrected chi connectivity index (χ3v) is 1.94. The van der Waals surface area contributed by atoms with E-state index in [1.165, 1.54) is 4.99 Å². The number of carboxylic acids is 1. The number of carboxylic acid groups (broad SMARTS) is 1. The summed E-state index contributed by atoms with van der Waals surface area (Å²) in [7, 11) is 0. The topological polar surface area (TPSA) is 37.3 Å². The van der Waals surface area contributed by atoms with Crippen LogP contribution >= 0.6 is 31.9 Å². The van der Waals surface area contributed by atoms with Gasteiger partial charge in [-0.05, 0) is 15.9 Å². The quantitative estimate of drug-likeness (QED) is 0.696. The van der Waals surface area contributed by atoms with Crippen LogP contribution in [0, 0.1) is 0 Å². The fourth-order valence-electron chi connectivity index (χ4n) is 0.0467. The average Bonchev–Trinajstić information content (AvgIpc) is 1.65. The maximum atomic E-state index is 9.79. The van der Waals surface area contributed by atoms with E-state index in [1.807, 2.05) is 0 Å². The molecule has 0 aromatic rings. The lowest BCUT2D eigenvalue weighted by atomic mass is 10.7. The number of halogens is 2. The van der Waals surface area contributed by atoms with Crippen molar-refractivity contribution in [3.63, 3.8) is 0 Å². The Bertz CT molecular complexity index is 108. The van der Waals surface area contributed by atoms with Crippen molar-refractivity contribution in [1.29, 1.82) is 0 Å². The Labute approximate surface area is 57.5 Å². The standard InChI is InChI=1S/C3H2Br2O2/c4-1-2(5)3(6)7/h1H,(H,6,7)/b2-1+. The number of hydrogen-bond donors (Lipinski definition) is 1. The van der Waals surface area contributed by atoms with Gasteiger partial charge in [-0.2, -0.15) is 0 Å². The van der Waals surface area contributed by atoms with Gasteiger partial charge in [0.25, 0.3) is 0 Å². The second-order valence-corrected chi connectivity index (χ2v) is 2.07. The van der Waals surface area contributed by atoms with E-state index in [0.717, 1.165) is 0 Å². The van der Waals surface area contributed by atoms with Crippen LogP contribution in [-0.2, 0) is 4.79 Å². The minimum atomic E-state index is -0.975. The fraction of sp³-hybridized carbons (Fsp3) is 0. The molecule has 1 N–H and O–H groups in total. The summed E-state index contributed by atoms with van der Waals surface area (Å²) < 4.78 is 0.118. The second-order valence-electron chi connectivity index (χ2n) is 0.762. The molecule has 0 aliphatic carbocycles. The van der Waals surface area contributed by atoms with Crippen LogP contribution in [0.25, 0.3) is 0 Å². The van der Waals surface area contributed by atoms with Crippen molar-refractivity contribution in [2.45, 2.75) is 0 Å². The summed E-state index contributed by atoms with van der Waals surface area (Å²) in [5, 5.41) is 8.04. The first kappa shape index (κ1) is 7.17. The zero-order chi connectivity index (χ0) is 5.86. The first-order valence-electron chi connectivity index (χ1n) is 1.37. The van der Waals surface area contributed by atoms with Crippen molar-refractivity contribution in [1.82, 2.24) is 0 Å². The van der Waals surface area contributed by atoms with Crippen LogP contribution in [0.4, 0.5) is 0 Å². The van der Waals surface area contributed by atoms with Crippen molar-refractivity contribution < 1.29 is 9.90 Å². The first-order chi connectivity index (χ1) is 3.18. The molecular weight excluding hydrogens is 228 g/mol. The Morgan fingerprint density at radius 1 is 1.71 bits per heavy atom. The lowest BCUT2D eigenvalue weighted by molar-refractivity contribution is -0.131. The summed E-state index contributed by atoms with van der Waals surface area (Å²) in [6, 6.07) is 0. The van der Waals surface area contributed by atoms with Crippen molar-refractivity contribution >= 4 is 37.8 Å². The number of hydrogen-bond acceptors (Lipinski definition) is 1. The molecule has 40 valence electrons. The molecule has 0 aliphatic rings. The van der Waals surface area contributed by atoms with Gasteiger partial charge in [-0.1, -0.05) is 15.9 Å². The summed E-state index contributed by atoms with van der Waals surface area (Å²) in [6.45, 7) is 0. The van der Waals surface area contributed by atoms with Gasteiger partial charge in [-0.3, -0.25) is 0 Å². The van der Waals surface area contributed by atoms with Gasteiger partial charge in [0, 0.05) is 4.99 Å². The maximum absolute atomic E-state index is 9.79. The first-order valence-corrected chi connectivity index (χ1v) is 3.08. The van der Waals surface area contributed by atoms with Gasteiger partial charge in [0.2, 0.25) is 0 Å². The van der Waals surface area contributed by atoms with Gasteiger partial charge in [0.1, 0.15) is 4.48 Å². The lowest BCUT2D eigenvalue weighted by Crippen LogP contribution is -1.90. The van der Waals surface area contributed by atoms with Gasteiger partial charge in [0.15, 0.2) is 0 Å². The Kier molecular flexibility index (Phi) is 3.29. The highest BCUT2D eigenvalue weighted by atomic mass is 79.9. The van der Waals surface area contributed by atoms with Crippen LogP contribution in [0.15, 0.2) is 9.47 Å². The fourth-order valence-corrected chi connectivity index (χ4v) is 0.243. The maximum Gasteiger partial charge on any atom is 0.343 e. The predicted molar refractivity (Wildman–Crippen MR) is 33.6 cm³/mol. The molecule has 0 saturated heterocycles. The third-order valence-electron chi connectivity index (χ3n) is 0.300. The second kappa shape index (κ2) is 3.21. The predicted octanol–water partition coefficient (Wildman–Crippen LogP) is 1.70. The van der Waals surface area contributed by atoms with Gasteiger partial charge >= 0.3 is 5.97 Å². The Morgan fingerprint density at radius 2 is 2.14 bits per heavy atom. The van der Waals surface area contributed by atoms with E-state index in [1.54, 1.807) is 0 Å². The molecule has 4 heteroatoms. The highest BCUT2D eigenvalue weighted by Crippen LogP contribution is 2.05.